The van der Waals surface area contributed by atoms with Gasteiger partial charge in [0.15, 0.2) is 0 Å². The fraction of sp³-hybridized carbons (Fsp3) is 0.273. The lowest BCUT2D eigenvalue weighted by Gasteiger charge is -2.06. The van der Waals surface area contributed by atoms with Crippen LogP contribution in [0.5, 0.6) is 0 Å². The third kappa shape index (κ3) is 5.13. The first kappa shape index (κ1) is 14.4. The summed E-state index contributed by atoms with van der Waals surface area (Å²) >= 11 is 3.23. The van der Waals surface area contributed by atoms with Crippen LogP contribution in [0.3, 0.4) is 0 Å². The lowest BCUT2D eigenvalue weighted by atomic mass is 10.1. The van der Waals surface area contributed by atoms with Crippen molar-refractivity contribution in [2.45, 2.75) is 6.42 Å². The third-order valence-corrected chi connectivity index (χ3v) is 2.80. The van der Waals surface area contributed by atoms with Crippen molar-refractivity contribution in [3.05, 3.63) is 34.1 Å². The molecule has 5 nitrogen and oxygen atoms in total. The van der Waals surface area contributed by atoms with E-state index in [1.807, 2.05) is 0 Å². The maximum Gasteiger partial charge on any atom is 0.404 e. The number of benzene rings is 1. The highest BCUT2D eigenvalue weighted by atomic mass is 79.9. The summed E-state index contributed by atoms with van der Waals surface area (Å²) in [5.41, 5.74) is 5.29. The number of hydrogen-bond acceptors (Lipinski definition) is 3. The van der Waals surface area contributed by atoms with Crippen LogP contribution < -0.4 is 11.1 Å². The van der Waals surface area contributed by atoms with Crippen LogP contribution in [0, 0.1) is 5.82 Å². The van der Waals surface area contributed by atoms with Crippen molar-refractivity contribution in [3.63, 3.8) is 0 Å². The quantitative estimate of drug-likeness (QED) is 0.804. The smallest absolute Gasteiger partial charge is 0.404 e. The van der Waals surface area contributed by atoms with E-state index in [1.54, 1.807) is 0 Å². The summed E-state index contributed by atoms with van der Waals surface area (Å²) in [6, 6.07) is 4.11. The number of carbonyl (C=O) groups excluding carboxylic acids is 2. The zero-order valence-corrected chi connectivity index (χ0v) is 11.0. The Morgan fingerprint density at radius 3 is 2.83 bits per heavy atom. The molecule has 0 bridgehead atoms. The lowest BCUT2D eigenvalue weighted by Crippen LogP contribution is -2.30. The Kier molecular flexibility index (Phi) is 5.57. The molecule has 0 aromatic heterocycles. The van der Waals surface area contributed by atoms with Crippen LogP contribution in [0.1, 0.15) is 5.56 Å². The van der Waals surface area contributed by atoms with Crippen LogP contribution in [0.25, 0.3) is 0 Å². The molecular formula is C11H12BrFN2O3. The molecule has 0 aliphatic heterocycles. The second-order valence-electron chi connectivity index (χ2n) is 3.43. The van der Waals surface area contributed by atoms with Gasteiger partial charge >= 0.3 is 6.09 Å². The summed E-state index contributed by atoms with van der Waals surface area (Å²) in [5, 5.41) is 2.52. The van der Waals surface area contributed by atoms with Crippen molar-refractivity contribution in [1.29, 1.82) is 0 Å². The van der Waals surface area contributed by atoms with E-state index in [9.17, 15) is 14.0 Å². The van der Waals surface area contributed by atoms with Gasteiger partial charge in [0.1, 0.15) is 12.4 Å². The molecule has 98 valence electrons. The van der Waals surface area contributed by atoms with Gasteiger partial charge in [0.05, 0.1) is 13.0 Å². The lowest BCUT2D eigenvalue weighted by molar-refractivity contribution is -0.120. The van der Waals surface area contributed by atoms with Gasteiger partial charge in [-0.1, -0.05) is 15.9 Å². The molecule has 0 atom stereocenters. The minimum atomic E-state index is -0.892. The van der Waals surface area contributed by atoms with Crippen LogP contribution in [-0.4, -0.2) is 25.2 Å². The summed E-state index contributed by atoms with van der Waals surface area (Å²) in [6.07, 6.45) is -0.855. The van der Waals surface area contributed by atoms with Crippen LogP contribution >= 0.6 is 15.9 Å². The highest BCUT2D eigenvalue weighted by Crippen LogP contribution is 2.18. The van der Waals surface area contributed by atoms with Gasteiger partial charge in [-0.05, 0) is 23.8 Å². The van der Waals surface area contributed by atoms with Crippen molar-refractivity contribution in [2.24, 2.45) is 5.73 Å². The molecule has 1 aromatic carbocycles. The topological polar surface area (TPSA) is 81.4 Å². The van der Waals surface area contributed by atoms with E-state index in [-0.39, 0.29) is 25.5 Å². The minimum absolute atomic E-state index is 0.00535. The summed E-state index contributed by atoms with van der Waals surface area (Å²) in [6.45, 7) is 0.167. The molecular weight excluding hydrogens is 307 g/mol. The molecule has 0 aliphatic rings. The predicted octanol–water partition coefficient (Wildman–Crippen LogP) is 1.34. The first-order valence-electron chi connectivity index (χ1n) is 5.12. The Morgan fingerprint density at radius 1 is 1.44 bits per heavy atom. The highest BCUT2D eigenvalue weighted by Gasteiger charge is 2.07. The Morgan fingerprint density at radius 2 is 2.17 bits per heavy atom. The molecule has 2 amide bonds. The van der Waals surface area contributed by atoms with Gasteiger partial charge in [-0.3, -0.25) is 4.79 Å². The van der Waals surface area contributed by atoms with Crippen molar-refractivity contribution in [2.75, 3.05) is 13.2 Å². The molecule has 0 fully saturated rings. The Hall–Kier alpha value is -1.63. The van der Waals surface area contributed by atoms with Crippen molar-refractivity contribution >= 4 is 27.9 Å². The number of hydrogen-bond donors (Lipinski definition) is 2. The van der Waals surface area contributed by atoms with Crippen LogP contribution in [0.2, 0.25) is 0 Å². The fourth-order valence-corrected chi connectivity index (χ4v) is 1.64. The van der Waals surface area contributed by atoms with E-state index in [1.165, 1.54) is 18.2 Å². The van der Waals surface area contributed by atoms with E-state index >= 15 is 0 Å². The van der Waals surface area contributed by atoms with Gasteiger partial charge in [0.2, 0.25) is 5.91 Å². The molecule has 1 aromatic rings. The Labute approximate surface area is 112 Å². The number of nitrogens with two attached hydrogens (primary N) is 1. The third-order valence-electron chi connectivity index (χ3n) is 2.03. The van der Waals surface area contributed by atoms with Crippen LogP contribution in [0.15, 0.2) is 22.7 Å². The number of ether oxygens (including phenoxy) is 1. The number of nitrogens with one attached hydrogen (secondary N) is 1. The normalized spacial score (nSPS) is 9.89. The Balaban J connectivity index is 2.40. The molecule has 7 heteroatoms. The maximum atomic E-state index is 13.0. The molecule has 18 heavy (non-hydrogen) atoms. The number of amides is 2. The molecule has 0 heterocycles. The summed E-state index contributed by atoms with van der Waals surface area (Å²) in [7, 11) is 0. The van der Waals surface area contributed by atoms with Crippen LogP contribution in [-0.2, 0) is 16.0 Å². The first-order chi connectivity index (χ1) is 8.49. The van der Waals surface area contributed by atoms with E-state index < -0.39 is 11.9 Å². The van der Waals surface area contributed by atoms with E-state index in [0.717, 1.165) is 0 Å². The summed E-state index contributed by atoms with van der Waals surface area (Å²) in [4.78, 5) is 21.8. The first-order valence-corrected chi connectivity index (χ1v) is 5.91. The van der Waals surface area contributed by atoms with Gasteiger partial charge in [-0.15, -0.1) is 0 Å². The molecule has 0 spiro atoms. The molecule has 3 N–H and O–H groups in total. The van der Waals surface area contributed by atoms with Gasteiger partial charge < -0.3 is 15.8 Å². The second-order valence-corrected chi connectivity index (χ2v) is 4.28. The predicted molar refractivity (Wildman–Crippen MR) is 66.3 cm³/mol. The zero-order chi connectivity index (χ0) is 13.5. The van der Waals surface area contributed by atoms with Gasteiger partial charge in [0, 0.05) is 4.47 Å². The number of carbonyl (C=O) groups is 2. The largest absolute Gasteiger partial charge is 0.448 e. The standard InChI is InChI=1S/C11H12BrFN2O3/c12-9-2-1-8(13)5-7(9)6-10(16)15-3-4-18-11(14)17/h1-2,5H,3-4,6H2,(H2,14,17)(H,15,16). The minimum Gasteiger partial charge on any atom is -0.448 e. The van der Waals surface area contributed by atoms with E-state index in [2.05, 4.69) is 26.0 Å². The Bertz CT molecular complexity index is 454. The monoisotopic (exact) mass is 318 g/mol. The highest BCUT2D eigenvalue weighted by molar-refractivity contribution is 9.10. The molecule has 0 radical (unpaired) electrons. The number of primary amides is 1. The van der Waals surface area contributed by atoms with E-state index in [0.29, 0.717) is 10.0 Å². The summed E-state index contributed by atoms with van der Waals surface area (Å²) in [5.74, 6) is -0.701. The van der Waals surface area contributed by atoms with E-state index in [4.69, 9.17) is 5.73 Å². The van der Waals surface area contributed by atoms with Gasteiger partial charge in [0.25, 0.3) is 0 Å². The van der Waals surface area contributed by atoms with Gasteiger partial charge in [-0.2, -0.15) is 0 Å². The van der Waals surface area contributed by atoms with Crippen molar-refractivity contribution < 1.29 is 18.7 Å². The number of halogens is 2. The number of rotatable bonds is 5. The van der Waals surface area contributed by atoms with Crippen molar-refractivity contribution in [3.8, 4) is 0 Å². The van der Waals surface area contributed by atoms with Gasteiger partial charge in [-0.25, -0.2) is 9.18 Å². The second kappa shape index (κ2) is 6.95. The maximum absolute atomic E-state index is 13.0. The summed E-state index contributed by atoms with van der Waals surface area (Å²) < 4.78 is 18.1. The molecule has 0 unspecified atom stereocenters. The average Bonchev–Trinajstić information content (AvgIpc) is 2.29. The SMILES string of the molecule is NC(=O)OCCNC(=O)Cc1cc(F)ccc1Br. The molecule has 0 saturated heterocycles. The molecule has 0 saturated carbocycles. The van der Waals surface area contributed by atoms with Crippen molar-refractivity contribution in [1.82, 2.24) is 5.32 Å². The fourth-order valence-electron chi connectivity index (χ4n) is 1.26. The zero-order valence-electron chi connectivity index (χ0n) is 9.41. The molecule has 0 aliphatic carbocycles. The average molecular weight is 319 g/mol. The van der Waals surface area contributed by atoms with Crippen LogP contribution in [0.4, 0.5) is 9.18 Å². The molecule has 1 rings (SSSR count).